The van der Waals surface area contributed by atoms with Gasteiger partial charge in [0.2, 0.25) is 5.91 Å². The van der Waals surface area contributed by atoms with Gasteiger partial charge in [-0.3, -0.25) is 4.79 Å². The van der Waals surface area contributed by atoms with Gasteiger partial charge in [-0.15, -0.1) is 11.3 Å². The molecule has 2 atom stereocenters. The van der Waals surface area contributed by atoms with Crippen molar-refractivity contribution in [3.05, 3.63) is 16.1 Å². The molecule has 21 heavy (non-hydrogen) atoms. The van der Waals surface area contributed by atoms with Gasteiger partial charge < -0.3 is 0 Å². The summed E-state index contributed by atoms with van der Waals surface area (Å²) in [5, 5.41) is 7.31. The Morgan fingerprint density at radius 2 is 2.19 bits per heavy atom. The molecule has 1 amide bonds. The first-order chi connectivity index (χ1) is 10.2. The van der Waals surface area contributed by atoms with Crippen LogP contribution in [-0.2, 0) is 11.2 Å². The number of hydrogen-bond donors (Lipinski definition) is 1. The van der Waals surface area contributed by atoms with E-state index in [1.165, 1.54) is 37.8 Å². The molecule has 2 saturated carbocycles. The summed E-state index contributed by atoms with van der Waals surface area (Å²) < 4.78 is 0. The average Bonchev–Trinajstić information content (AvgIpc) is 2.90. The zero-order valence-electron chi connectivity index (χ0n) is 12.6. The molecule has 1 aromatic heterocycles. The summed E-state index contributed by atoms with van der Waals surface area (Å²) >= 11 is 1.58. The first-order valence-corrected chi connectivity index (χ1v) is 8.84. The van der Waals surface area contributed by atoms with Crippen LogP contribution >= 0.6 is 11.3 Å². The number of nitrogens with one attached hydrogen (secondary N) is 1. The van der Waals surface area contributed by atoms with E-state index in [9.17, 15) is 4.79 Å². The summed E-state index contributed by atoms with van der Waals surface area (Å²) in [7, 11) is 0. The highest BCUT2D eigenvalue weighted by molar-refractivity contribution is 7.09. The van der Waals surface area contributed by atoms with Crippen LogP contribution in [0.1, 0.15) is 55.6 Å². The number of hydrazone groups is 1. The SMILES string of the molecule is Cc1nc(CC(=O)N/N=C2\CC[C@H]3CCCC[C@@H]3C2)cs1. The van der Waals surface area contributed by atoms with E-state index in [-0.39, 0.29) is 5.91 Å². The molecule has 4 nitrogen and oxygen atoms in total. The Labute approximate surface area is 130 Å². The van der Waals surface area contributed by atoms with Gasteiger partial charge in [-0.25, -0.2) is 10.4 Å². The zero-order chi connectivity index (χ0) is 14.7. The fourth-order valence-electron chi connectivity index (χ4n) is 3.63. The molecule has 0 radical (unpaired) electrons. The number of fused-ring (bicyclic) bond motifs is 1. The number of carbonyl (C=O) groups excluding carboxylic acids is 1. The molecule has 1 aromatic rings. The van der Waals surface area contributed by atoms with E-state index in [1.54, 1.807) is 11.3 Å². The summed E-state index contributed by atoms with van der Waals surface area (Å²) in [4.78, 5) is 16.2. The molecular weight excluding hydrogens is 282 g/mol. The Morgan fingerprint density at radius 3 is 2.95 bits per heavy atom. The quantitative estimate of drug-likeness (QED) is 0.870. The molecule has 1 heterocycles. The van der Waals surface area contributed by atoms with Gasteiger partial charge in [-0.2, -0.15) is 5.10 Å². The number of aryl methyl sites for hydroxylation is 1. The van der Waals surface area contributed by atoms with Crippen molar-refractivity contribution in [2.75, 3.05) is 0 Å². The molecule has 0 saturated heterocycles. The van der Waals surface area contributed by atoms with Crippen molar-refractivity contribution in [3.8, 4) is 0 Å². The van der Waals surface area contributed by atoms with Crippen LogP contribution in [0.5, 0.6) is 0 Å². The highest BCUT2D eigenvalue weighted by atomic mass is 32.1. The van der Waals surface area contributed by atoms with Crippen LogP contribution < -0.4 is 5.43 Å². The topological polar surface area (TPSA) is 54.4 Å². The molecule has 2 aliphatic carbocycles. The van der Waals surface area contributed by atoms with Crippen LogP contribution in [0.3, 0.4) is 0 Å². The minimum Gasteiger partial charge on any atom is -0.273 e. The Kier molecular flexibility index (Phi) is 4.68. The van der Waals surface area contributed by atoms with Crippen molar-refractivity contribution >= 4 is 23.0 Å². The number of amides is 1. The van der Waals surface area contributed by atoms with Gasteiger partial charge in [0.1, 0.15) is 0 Å². The number of thiazole rings is 1. The second-order valence-electron chi connectivity index (χ2n) is 6.30. The van der Waals surface area contributed by atoms with E-state index >= 15 is 0 Å². The van der Waals surface area contributed by atoms with E-state index in [0.29, 0.717) is 6.42 Å². The maximum atomic E-state index is 11.9. The third-order valence-electron chi connectivity index (χ3n) is 4.71. The van der Waals surface area contributed by atoms with E-state index in [2.05, 4.69) is 15.5 Å². The maximum absolute atomic E-state index is 11.9. The lowest BCUT2D eigenvalue weighted by Gasteiger charge is -2.35. The van der Waals surface area contributed by atoms with Crippen molar-refractivity contribution in [1.29, 1.82) is 0 Å². The molecular formula is C16H23N3OS. The largest absolute Gasteiger partial charge is 0.273 e. The van der Waals surface area contributed by atoms with Crippen molar-refractivity contribution in [3.63, 3.8) is 0 Å². The molecule has 2 fully saturated rings. The normalized spacial score (nSPS) is 27.4. The monoisotopic (exact) mass is 305 g/mol. The Morgan fingerprint density at radius 1 is 1.38 bits per heavy atom. The van der Waals surface area contributed by atoms with E-state index in [1.807, 2.05) is 12.3 Å². The van der Waals surface area contributed by atoms with Gasteiger partial charge in [0, 0.05) is 11.1 Å². The number of aromatic nitrogens is 1. The van der Waals surface area contributed by atoms with Gasteiger partial charge in [0.05, 0.1) is 17.1 Å². The Bertz CT molecular complexity index is 537. The standard InChI is InChI=1S/C16H23N3OS/c1-11-17-15(10-21-11)9-16(20)19-18-14-7-6-12-4-2-3-5-13(12)8-14/h10,12-13H,2-9H2,1H3,(H,19,20)/b18-14+/t12-,13-/m1/s1. The van der Waals surface area contributed by atoms with Crippen molar-refractivity contribution in [2.45, 2.75) is 58.3 Å². The summed E-state index contributed by atoms with van der Waals surface area (Å²) in [6, 6.07) is 0. The molecule has 0 aliphatic heterocycles. The minimum atomic E-state index is -0.0569. The first kappa shape index (κ1) is 14.7. The van der Waals surface area contributed by atoms with Crippen LogP contribution in [0, 0.1) is 18.8 Å². The molecule has 2 aliphatic rings. The third kappa shape index (κ3) is 3.90. The van der Waals surface area contributed by atoms with Crippen LogP contribution in [0.15, 0.2) is 10.5 Å². The fourth-order valence-corrected chi connectivity index (χ4v) is 4.24. The molecule has 5 heteroatoms. The average molecular weight is 305 g/mol. The number of hydrogen-bond acceptors (Lipinski definition) is 4. The van der Waals surface area contributed by atoms with Crippen LogP contribution in [0.2, 0.25) is 0 Å². The highest BCUT2D eigenvalue weighted by Gasteiger charge is 2.30. The van der Waals surface area contributed by atoms with Crippen LogP contribution in [-0.4, -0.2) is 16.6 Å². The van der Waals surface area contributed by atoms with Crippen molar-refractivity contribution in [1.82, 2.24) is 10.4 Å². The summed E-state index contributed by atoms with van der Waals surface area (Å²) in [5.74, 6) is 1.66. The smallest absolute Gasteiger partial charge is 0.246 e. The second kappa shape index (κ2) is 6.69. The molecule has 0 bridgehead atoms. The molecule has 0 spiro atoms. The number of carbonyl (C=O) groups is 1. The van der Waals surface area contributed by atoms with Gasteiger partial charge in [-0.05, 0) is 44.4 Å². The van der Waals surface area contributed by atoms with Crippen LogP contribution in [0.4, 0.5) is 0 Å². The summed E-state index contributed by atoms with van der Waals surface area (Å²) in [6.07, 6.45) is 9.22. The van der Waals surface area contributed by atoms with E-state index in [4.69, 9.17) is 0 Å². The third-order valence-corrected chi connectivity index (χ3v) is 5.54. The Hall–Kier alpha value is -1.23. The second-order valence-corrected chi connectivity index (χ2v) is 7.36. The molecule has 114 valence electrons. The Balaban J connectivity index is 1.50. The molecule has 0 aromatic carbocycles. The highest BCUT2D eigenvalue weighted by Crippen LogP contribution is 2.39. The van der Waals surface area contributed by atoms with E-state index < -0.39 is 0 Å². The predicted molar refractivity (Wildman–Crippen MR) is 85.4 cm³/mol. The number of nitrogens with zero attached hydrogens (tertiary/aromatic N) is 2. The summed E-state index contributed by atoms with van der Waals surface area (Å²) in [5.41, 5.74) is 4.74. The fraction of sp³-hybridized carbons (Fsp3) is 0.688. The minimum absolute atomic E-state index is 0.0569. The molecule has 0 unspecified atom stereocenters. The molecule has 3 rings (SSSR count). The predicted octanol–water partition coefficient (Wildman–Crippen LogP) is 3.46. The number of rotatable bonds is 3. The van der Waals surface area contributed by atoms with Gasteiger partial charge in [0.25, 0.3) is 0 Å². The summed E-state index contributed by atoms with van der Waals surface area (Å²) in [6.45, 7) is 1.95. The van der Waals surface area contributed by atoms with Gasteiger partial charge in [0.15, 0.2) is 0 Å². The van der Waals surface area contributed by atoms with Crippen molar-refractivity contribution < 1.29 is 4.79 Å². The maximum Gasteiger partial charge on any atom is 0.246 e. The lowest BCUT2D eigenvalue weighted by Crippen LogP contribution is -2.30. The van der Waals surface area contributed by atoms with Crippen LogP contribution in [0.25, 0.3) is 0 Å². The van der Waals surface area contributed by atoms with Gasteiger partial charge in [-0.1, -0.05) is 19.3 Å². The lowest BCUT2D eigenvalue weighted by atomic mass is 9.70. The molecule has 1 N–H and O–H groups in total. The lowest BCUT2D eigenvalue weighted by molar-refractivity contribution is -0.120. The van der Waals surface area contributed by atoms with E-state index in [0.717, 1.165) is 35.4 Å². The van der Waals surface area contributed by atoms with Crippen molar-refractivity contribution in [2.24, 2.45) is 16.9 Å². The first-order valence-electron chi connectivity index (χ1n) is 7.96. The van der Waals surface area contributed by atoms with Gasteiger partial charge >= 0.3 is 0 Å². The zero-order valence-corrected chi connectivity index (χ0v) is 13.4.